The Bertz CT molecular complexity index is 259. The molecule has 0 radical (unpaired) electrons. The van der Waals surface area contributed by atoms with Gasteiger partial charge in [-0.05, 0) is 30.9 Å². The Labute approximate surface area is 77.4 Å². The normalized spacial score (nSPS) is 18.2. The lowest BCUT2D eigenvalue weighted by molar-refractivity contribution is 0.0892. The number of ether oxygens (including phenoxy) is 1. The Morgan fingerprint density at radius 1 is 1.62 bits per heavy atom. The van der Waals surface area contributed by atoms with Gasteiger partial charge < -0.3 is 9.84 Å². The van der Waals surface area contributed by atoms with Crippen molar-refractivity contribution in [3.8, 4) is 5.75 Å². The van der Waals surface area contributed by atoms with Crippen molar-refractivity contribution in [2.75, 3.05) is 6.61 Å². The summed E-state index contributed by atoms with van der Waals surface area (Å²) in [5.74, 6) is 1.19. The third-order valence-corrected chi connectivity index (χ3v) is 2.22. The summed E-state index contributed by atoms with van der Waals surface area (Å²) in [5.41, 5.74) is 0. The first-order valence-electron chi connectivity index (χ1n) is 4.57. The zero-order chi connectivity index (χ0) is 9.10. The first-order valence-corrected chi connectivity index (χ1v) is 4.57. The second kappa shape index (κ2) is 3.75. The SMILES string of the molecule is OC(COc1cccnc1)C1CC1. The van der Waals surface area contributed by atoms with Crippen LogP contribution < -0.4 is 4.74 Å². The van der Waals surface area contributed by atoms with Gasteiger partial charge in [-0.2, -0.15) is 0 Å². The van der Waals surface area contributed by atoms with Gasteiger partial charge in [0.15, 0.2) is 0 Å². The van der Waals surface area contributed by atoms with Gasteiger partial charge in [0, 0.05) is 6.20 Å². The number of aliphatic hydroxyl groups excluding tert-OH is 1. The van der Waals surface area contributed by atoms with E-state index in [9.17, 15) is 5.11 Å². The quantitative estimate of drug-likeness (QED) is 0.756. The van der Waals surface area contributed by atoms with Gasteiger partial charge in [-0.15, -0.1) is 0 Å². The molecule has 1 aliphatic carbocycles. The monoisotopic (exact) mass is 179 g/mol. The fraction of sp³-hybridized carbons (Fsp3) is 0.500. The zero-order valence-corrected chi connectivity index (χ0v) is 7.39. The van der Waals surface area contributed by atoms with Crippen molar-refractivity contribution in [2.45, 2.75) is 18.9 Å². The summed E-state index contributed by atoms with van der Waals surface area (Å²) in [6, 6.07) is 3.66. The molecule has 1 aromatic heterocycles. The average molecular weight is 179 g/mol. The predicted octanol–water partition coefficient (Wildman–Crippen LogP) is 1.23. The molecule has 1 aromatic rings. The molecule has 13 heavy (non-hydrogen) atoms. The van der Waals surface area contributed by atoms with Gasteiger partial charge in [0.1, 0.15) is 12.4 Å². The summed E-state index contributed by atoms with van der Waals surface area (Å²) < 4.78 is 5.36. The van der Waals surface area contributed by atoms with Crippen LogP contribution in [0.5, 0.6) is 5.75 Å². The lowest BCUT2D eigenvalue weighted by Gasteiger charge is -2.10. The highest BCUT2D eigenvalue weighted by atomic mass is 16.5. The molecule has 1 aliphatic rings. The van der Waals surface area contributed by atoms with E-state index in [-0.39, 0.29) is 6.10 Å². The van der Waals surface area contributed by atoms with Crippen LogP contribution in [0.25, 0.3) is 0 Å². The summed E-state index contributed by atoms with van der Waals surface area (Å²) in [6.07, 6.45) is 5.32. The molecule has 1 saturated carbocycles. The fourth-order valence-corrected chi connectivity index (χ4v) is 1.23. The second-order valence-electron chi connectivity index (χ2n) is 3.40. The number of aromatic nitrogens is 1. The van der Waals surface area contributed by atoms with E-state index in [2.05, 4.69) is 4.98 Å². The molecule has 0 spiro atoms. The van der Waals surface area contributed by atoms with Crippen LogP contribution in [-0.4, -0.2) is 22.8 Å². The van der Waals surface area contributed by atoms with Gasteiger partial charge in [-0.1, -0.05) is 0 Å². The van der Waals surface area contributed by atoms with Gasteiger partial charge in [-0.3, -0.25) is 4.98 Å². The minimum Gasteiger partial charge on any atom is -0.489 e. The summed E-state index contributed by atoms with van der Waals surface area (Å²) in [4.78, 5) is 3.92. The van der Waals surface area contributed by atoms with Crippen molar-refractivity contribution in [2.24, 2.45) is 5.92 Å². The summed E-state index contributed by atoms with van der Waals surface area (Å²) in [7, 11) is 0. The minimum atomic E-state index is -0.305. The van der Waals surface area contributed by atoms with Crippen LogP contribution in [0, 0.1) is 5.92 Å². The van der Waals surface area contributed by atoms with Gasteiger partial charge in [-0.25, -0.2) is 0 Å². The number of nitrogens with zero attached hydrogens (tertiary/aromatic N) is 1. The van der Waals surface area contributed by atoms with Gasteiger partial charge in [0.25, 0.3) is 0 Å². The van der Waals surface area contributed by atoms with E-state index in [0.29, 0.717) is 12.5 Å². The second-order valence-corrected chi connectivity index (χ2v) is 3.40. The van der Waals surface area contributed by atoms with Crippen molar-refractivity contribution in [3.05, 3.63) is 24.5 Å². The van der Waals surface area contributed by atoms with E-state index in [0.717, 1.165) is 18.6 Å². The number of rotatable bonds is 4. The van der Waals surface area contributed by atoms with Crippen LogP contribution in [0.3, 0.4) is 0 Å². The van der Waals surface area contributed by atoms with Crippen LogP contribution in [0.2, 0.25) is 0 Å². The van der Waals surface area contributed by atoms with E-state index in [1.807, 2.05) is 12.1 Å². The fourth-order valence-electron chi connectivity index (χ4n) is 1.23. The van der Waals surface area contributed by atoms with E-state index in [1.54, 1.807) is 12.4 Å². The van der Waals surface area contributed by atoms with Crippen molar-refractivity contribution in [1.29, 1.82) is 0 Å². The maximum atomic E-state index is 9.50. The first-order chi connectivity index (χ1) is 6.36. The Morgan fingerprint density at radius 2 is 2.46 bits per heavy atom. The molecule has 1 fully saturated rings. The van der Waals surface area contributed by atoms with Gasteiger partial charge in [0.2, 0.25) is 0 Å². The zero-order valence-electron chi connectivity index (χ0n) is 7.39. The summed E-state index contributed by atoms with van der Waals surface area (Å²) >= 11 is 0. The van der Waals surface area contributed by atoms with Crippen LogP contribution in [0.1, 0.15) is 12.8 Å². The van der Waals surface area contributed by atoms with Gasteiger partial charge in [0.05, 0.1) is 12.3 Å². The number of hydrogen-bond donors (Lipinski definition) is 1. The molecule has 0 saturated heterocycles. The molecule has 1 atom stereocenters. The van der Waals surface area contributed by atoms with E-state index < -0.39 is 0 Å². The van der Waals surface area contributed by atoms with Crippen LogP contribution >= 0.6 is 0 Å². The molecule has 70 valence electrons. The van der Waals surface area contributed by atoms with Crippen molar-refractivity contribution in [3.63, 3.8) is 0 Å². The summed E-state index contributed by atoms with van der Waals surface area (Å²) in [6.45, 7) is 0.385. The maximum Gasteiger partial charge on any atom is 0.137 e. The van der Waals surface area contributed by atoms with E-state index >= 15 is 0 Å². The largest absolute Gasteiger partial charge is 0.489 e. The van der Waals surface area contributed by atoms with Crippen LogP contribution in [0.4, 0.5) is 0 Å². The molecule has 3 heteroatoms. The van der Waals surface area contributed by atoms with E-state index in [4.69, 9.17) is 4.74 Å². The Morgan fingerprint density at radius 3 is 3.08 bits per heavy atom. The number of hydrogen-bond acceptors (Lipinski definition) is 3. The Balaban J connectivity index is 1.78. The van der Waals surface area contributed by atoms with Crippen molar-refractivity contribution < 1.29 is 9.84 Å². The number of aliphatic hydroxyl groups is 1. The third kappa shape index (κ3) is 2.42. The molecular weight excluding hydrogens is 166 g/mol. The Hall–Kier alpha value is -1.09. The number of pyridine rings is 1. The average Bonchev–Trinajstić information content (AvgIpc) is 2.99. The lowest BCUT2D eigenvalue weighted by Crippen LogP contribution is -2.19. The molecule has 0 aliphatic heterocycles. The van der Waals surface area contributed by atoms with Crippen LogP contribution in [-0.2, 0) is 0 Å². The smallest absolute Gasteiger partial charge is 0.137 e. The Kier molecular flexibility index (Phi) is 2.45. The molecule has 1 unspecified atom stereocenters. The first kappa shape index (κ1) is 8.51. The molecule has 0 amide bonds. The van der Waals surface area contributed by atoms with Crippen molar-refractivity contribution in [1.82, 2.24) is 4.98 Å². The highest BCUT2D eigenvalue weighted by Crippen LogP contribution is 2.32. The topological polar surface area (TPSA) is 42.4 Å². The highest BCUT2D eigenvalue weighted by molar-refractivity contribution is 5.15. The van der Waals surface area contributed by atoms with Gasteiger partial charge >= 0.3 is 0 Å². The molecule has 1 N–H and O–H groups in total. The van der Waals surface area contributed by atoms with E-state index in [1.165, 1.54) is 0 Å². The molecule has 1 heterocycles. The predicted molar refractivity (Wildman–Crippen MR) is 48.5 cm³/mol. The summed E-state index contributed by atoms with van der Waals surface area (Å²) in [5, 5.41) is 9.50. The maximum absolute atomic E-state index is 9.50. The standard InChI is InChI=1S/C10H13NO2/c12-10(8-3-4-8)7-13-9-2-1-5-11-6-9/h1-2,5-6,8,10,12H,3-4,7H2. The lowest BCUT2D eigenvalue weighted by atomic mass is 10.2. The molecule has 3 nitrogen and oxygen atoms in total. The molecular formula is C10H13NO2. The van der Waals surface area contributed by atoms with Crippen molar-refractivity contribution >= 4 is 0 Å². The molecule has 0 bridgehead atoms. The molecule has 0 aromatic carbocycles. The van der Waals surface area contributed by atoms with Crippen LogP contribution in [0.15, 0.2) is 24.5 Å². The molecule has 2 rings (SSSR count). The highest BCUT2D eigenvalue weighted by Gasteiger charge is 2.29. The minimum absolute atomic E-state index is 0.305. The third-order valence-electron chi connectivity index (χ3n) is 2.22.